The lowest BCUT2D eigenvalue weighted by molar-refractivity contribution is 0.660. The van der Waals surface area contributed by atoms with Gasteiger partial charge in [-0.05, 0) is 154 Å². The van der Waals surface area contributed by atoms with Gasteiger partial charge in [0.05, 0.1) is 11.1 Å². The largest absolute Gasteiger partial charge is 0.310 e. The van der Waals surface area contributed by atoms with Gasteiger partial charge in [0.2, 0.25) is 0 Å². The zero-order valence-electron chi connectivity index (χ0n) is 43.2. The molecule has 12 aromatic rings. The Labute approximate surface area is 452 Å². The topological polar surface area (TPSA) is 3.24 Å². The molecule has 1 nitrogen and oxygen atoms in total. The van der Waals surface area contributed by atoms with Gasteiger partial charge < -0.3 is 4.90 Å². The smallest absolute Gasteiger partial charge is 0.0719 e. The Hall–Kier alpha value is -9.56. The Morgan fingerprint density at radius 1 is 0.247 bits per heavy atom. The average Bonchev–Trinajstić information content (AvgIpc) is 3.94. The highest BCUT2D eigenvalue weighted by Crippen LogP contribution is 2.60. The van der Waals surface area contributed by atoms with E-state index in [1.165, 1.54) is 106 Å². The summed E-state index contributed by atoms with van der Waals surface area (Å²) in [5.41, 5.74) is 27.4. The molecule has 0 amide bonds. The van der Waals surface area contributed by atoms with Gasteiger partial charge in [0, 0.05) is 22.4 Å². The van der Waals surface area contributed by atoms with E-state index >= 15 is 0 Å². The van der Waals surface area contributed by atoms with Crippen LogP contribution in [0.5, 0.6) is 0 Å². The molecule has 14 rings (SSSR count). The quantitative estimate of drug-likeness (QED) is 0.132. The fourth-order valence-electron chi connectivity index (χ4n) is 12.9. The van der Waals surface area contributed by atoms with Crippen molar-refractivity contribution in [2.45, 2.75) is 24.7 Å². The molecule has 1 heteroatoms. The van der Waals surface area contributed by atoms with Crippen LogP contribution in [0.3, 0.4) is 0 Å². The highest BCUT2D eigenvalue weighted by Gasteiger charge is 2.48. The molecule has 0 N–H and O–H groups in total. The van der Waals surface area contributed by atoms with Crippen LogP contribution in [0.1, 0.15) is 47.2 Å². The van der Waals surface area contributed by atoms with Crippen LogP contribution in [0.2, 0.25) is 0 Å². The summed E-state index contributed by atoms with van der Waals surface area (Å²) in [4.78, 5) is 2.46. The normalized spacial score (nSPS) is 13.3. The fraction of sp³-hybridized carbons (Fsp3) is 0.0526. The molecular formula is C76H55N. The lowest BCUT2D eigenvalue weighted by Crippen LogP contribution is -2.29. The van der Waals surface area contributed by atoms with Crippen molar-refractivity contribution >= 4 is 17.1 Å². The third kappa shape index (κ3) is 7.61. The average molecular weight is 982 g/mol. The first-order valence-electron chi connectivity index (χ1n) is 26.9. The lowest BCUT2D eigenvalue weighted by Gasteiger charge is -2.35. The molecule has 0 heterocycles. The molecule has 364 valence electrons. The summed E-state index contributed by atoms with van der Waals surface area (Å²) in [6, 6.07) is 110. The lowest BCUT2D eigenvalue weighted by atomic mass is 9.65. The molecule has 0 unspecified atom stereocenters. The van der Waals surface area contributed by atoms with Crippen molar-refractivity contribution in [1.82, 2.24) is 0 Å². The van der Waals surface area contributed by atoms with Gasteiger partial charge in [-0.2, -0.15) is 0 Å². The van der Waals surface area contributed by atoms with Crippen molar-refractivity contribution in [2.75, 3.05) is 4.90 Å². The minimum atomic E-state index is -0.648. The van der Waals surface area contributed by atoms with Gasteiger partial charge in [-0.25, -0.2) is 0 Å². The summed E-state index contributed by atoms with van der Waals surface area (Å²) < 4.78 is 0. The Kier molecular flexibility index (Phi) is 11.2. The fourth-order valence-corrected chi connectivity index (χ4v) is 12.9. The number of hydrogen-bond donors (Lipinski definition) is 0. The van der Waals surface area contributed by atoms with Crippen LogP contribution in [0.25, 0.3) is 77.9 Å². The number of fused-ring (bicyclic) bond motifs is 6. The number of benzene rings is 12. The predicted octanol–water partition coefficient (Wildman–Crippen LogP) is 20.2. The Bertz CT molecular complexity index is 4080. The molecule has 77 heavy (non-hydrogen) atoms. The number of anilines is 3. The van der Waals surface area contributed by atoms with Gasteiger partial charge in [0.25, 0.3) is 0 Å². The highest BCUT2D eigenvalue weighted by molar-refractivity contribution is 5.97. The predicted molar refractivity (Wildman–Crippen MR) is 323 cm³/mol. The van der Waals surface area contributed by atoms with Crippen molar-refractivity contribution in [2.24, 2.45) is 0 Å². The molecule has 0 radical (unpaired) electrons. The van der Waals surface area contributed by atoms with Crippen LogP contribution in [0.4, 0.5) is 17.1 Å². The van der Waals surface area contributed by atoms with Crippen LogP contribution in [0, 0.1) is 0 Å². The summed E-state index contributed by atoms with van der Waals surface area (Å²) in [7, 11) is 0. The van der Waals surface area contributed by atoms with E-state index in [-0.39, 0.29) is 5.41 Å². The van der Waals surface area contributed by atoms with E-state index in [2.05, 4.69) is 316 Å². The number of rotatable bonds is 10. The Morgan fingerprint density at radius 2 is 0.662 bits per heavy atom. The zero-order chi connectivity index (χ0) is 51.5. The van der Waals surface area contributed by atoms with Crippen LogP contribution >= 0.6 is 0 Å². The second-order valence-corrected chi connectivity index (χ2v) is 21.2. The van der Waals surface area contributed by atoms with Crippen molar-refractivity contribution < 1.29 is 0 Å². The molecule has 0 aromatic heterocycles. The van der Waals surface area contributed by atoms with Gasteiger partial charge >= 0.3 is 0 Å². The van der Waals surface area contributed by atoms with Crippen molar-refractivity contribution in [3.63, 3.8) is 0 Å². The molecule has 0 spiro atoms. The summed E-state index contributed by atoms with van der Waals surface area (Å²) in [6.07, 6.45) is 0. The molecule has 12 aromatic carbocycles. The second kappa shape index (κ2) is 18.7. The number of para-hydroxylation sites is 1. The van der Waals surface area contributed by atoms with Crippen molar-refractivity contribution in [3.05, 3.63) is 331 Å². The maximum atomic E-state index is 2.50. The maximum absolute atomic E-state index is 2.50. The van der Waals surface area contributed by atoms with Crippen molar-refractivity contribution in [3.8, 4) is 77.9 Å². The summed E-state index contributed by atoms with van der Waals surface area (Å²) in [5.74, 6) is 0. The monoisotopic (exact) mass is 981 g/mol. The van der Waals surface area contributed by atoms with E-state index < -0.39 is 5.41 Å². The molecule has 0 fully saturated rings. The van der Waals surface area contributed by atoms with Gasteiger partial charge in [-0.3, -0.25) is 0 Å². The minimum absolute atomic E-state index is 0.144. The SMILES string of the molecule is CC1(C)c2ccccc2-c2ccc(N(c3ccc(-c4ccc5c(c4)C(c4ccccc4)(c4ccccc4)c4c(-c6ccc(-c7ccccc7)cc6)cc(-c6ccccc6)cc4-5)cc3)c3ccccc3-c3ccccc3)cc21. The number of hydrogen-bond acceptors (Lipinski definition) is 1. The molecule has 0 saturated heterocycles. The summed E-state index contributed by atoms with van der Waals surface area (Å²) >= 11 is 0. The van der Waals surface area contributed by atoms with Crippen LogP contribution < -0.4 is 4.90 Å². The van der Waals surface area contributed by atoms with Gasteiger partial charge in [-0.1, -0.05) is 263 Å². The first-order valence-corrected chi connectivity index (χ1v) is 26.9. The van der Waals surface area contributed by atoms with E-state index in [9.17, 15) is 0 Å². The van der Waals surface area contributed by atoms with E-state index in [1.807, 2.05) is 0 Å². The third-order valence-corrected chi connectivity index (χ3v) is 16.6. The zero-order valence-corrected chi connectivity index (χ0v) is 43.2. The number of nitrogens with zero attached hydrogens (tertiary/aromatic N) is 1. The van der Waals surface area contributed by atoms with Crippen molar-refractivity contribution in [1.29, 1.82) is 0 Å². The Morgan fingerprint density at radius 3 is 1.31 bits per heavy atom. The van der Waals surface area contributed by atoms with Crippen LogP contribution in [-0.2, 0) is 10.8 Å². The molecular weight excluding hydrogens is 927 g/mol. The third-order valence-electron chi connectivity index (χ3n) is 16.6. The van der Waals surface area contributed by atoms with E-state index in [0.29, 0.717) is 0 Å². The summed E-state index contributed by atoms with van der Waals surface area (Å²) in [6.45, 7) is 4.73. The molecule has 2 aliphatic carbocycles. The molecule has 0 bridgehead atoms. The van der Waals surface area contributed by atoms with Crippen LogP contribution in [-0.4, -0.2) is 0 Å². The van der Waals surface area contributed by atoms with E-state index in [4.69, 9.17) is 0 Å². The molecule has 0 saturated carbocycles. The maximum Gasteiger partial charge on any atom is 0.0719 e. The van der Waals surface area contributed by atoms with Gasteiger partial charge in [0.15, 0.2) is 0 Å². The second-order valence-electron chi connectivity index (χ2n) is 21.2. The molecule has 2 aliphatic rings. The first-order chi connectivity index (χ1) is 37.9. The highest BCUT2D eigenvalue weighted by atomic mass is 15.1. The van der Waals surface area contributed by atoms with Gasteiger partial charge in [-0.15, -0.1) is 0 Å². The minimum Gasteiger partial charge on any atom is -0.310 e. The molecule has 0 aliphatic heterocycles. The first kappa shape index (κ1) is 46.0. The molecule has 0 atom stereocenters. The standard InChI is InChI=1S/C76H55N/c1-75(2)70-34-20-18-33-65(70)66-47-45-63(51-71(66)75)77(73-35-21-19-32-64(73)56-26-12-5-13-27-56)62-43-40-55(41-44-62)58-42-46-67-69-49-59(53-24-10-4-11-25-53)48-68(57-38-36-54(37-39-57)52-22-8-3-9-23-52)74(69)76(72(67)50-58,60-28-14-6-15-29-60)61-30-16-7-17-31-61/h3-51H,1-2H3. The Balaban J connectivity index is 0.952. The van der Waals surface area contributed by atoms with E-state index in [1.54, 1.807) is 0 Å². The van der Waals surface area contributed by atoms with Gasteiger partial charge in [0.1, 0.15) is 0 Å². The van der Waals surface area contributed by atoms with E-state index in [0.717, 1.165) is 22.6 Å². The summed E-state index contributed by atoms with van der Waals surface area (Å²) in [5, 5.41) is 0. The van der Waals surface area contributed by atoms with Crippen LogP contribution in [0.15, 0.2) is 297 Å².